The van der Waals surface area contributed by atoms with E-state index in [1.807, 2.05) is 19.1 Å². The number of nitrogens with zero attached hydrogens (tertiary/aromatic N) is 1. The molecule has 0 aliphatic heterocycles. The van der Waals surface area contributed by atoms with Crippen molar-refractivity contribution in [2.24, 2.45) is 0 Å². The van der Waals surface area contributed by atoms with Crippen LogP contribution in [0.2, 0.25) is 0 Å². The van der Waals surface area contributed by atoms with Crippen LogP contribution in [-0.2, 0) is 9.53 Å². The summed E-state index contributed by atoms with van der Waals surface area (Å²) in [7, 11) is 0. The highest BCUT2D eigenvalue weighted by molar-refractivity contribution is 5.74. The van der Waals surface area contributed by atoms with E-state index < -0.39 is 0 Å². The summed E-state index contributed by atoms with van der Waals surface area (Å²) in [6.07, 6.45) is 1.70. The van der Waals surface area contributed by atoms with Crippen LogP contribution >= 0.6 is 0 Å². The Bertz CT molecular complexity index is 313. The van der Waals surface area contributed by atoms with Gasteiger partial charge in [0.1, 0.15) is 6.54 Å². The lowest BCUT2D eigenvalue weighted by Crippen LogP contribution is -2.16. The van der Waals surface area contributed by atoms with Crippen LogP contribution in [0.25, 0.3) is 0 Å². The molecule has 4 heteroatoms. The van der Waals surface area contributed by atoms with Gasteiger partial charge in [-0.1, -0.05) is 0 Å². The third-order valence-corrected chi connectivity index (χ3v) is 1.64. The van der Waals surface area contributed by atoms with Gasteiger partial charge in [-0.15, -0.1) is 0 Å². The van der Waals surface area contributed by atoms with Gasteiger partial charge < -0.3 is 10.1 Å². The second kappa shape index (κ2) is 5.21. The van der Waals surface area contributed by atoms with E-state index >= 15 is 0 Å². The number of rotatable bonds is 4. The summed E-state index contributed by atoms with van der Waals surface area (Å²) in [5.41, 5.74) is 1.80. The Morgan fingerprint density at radius 3 is 3.07 bits per heavy atom. The van der Waals surface area contributed by atoms with E-state index in [4.69, 9.17) is 4.74 Å². The Balaban J connectivity index is 2.41. The minimum Gasteiger partial charge on any atom is -0.465 e. The average molecular weight is 194 g/mol. The Morgan fingerprint density at radius 2 is 2.43 bits per heavy atom. The number of carbonyl (C=O) groups is 1. The average Bonchev–Trinajstić information content (AvgIpc) is 2.15. The molecule has 0 amide bonds. The maximum Gasteiger partial charge on any atom is 0.325 e. The van der Waals surface area contributed by atoms with Gasteiger partial charge in [0.15, 0.2) is 0 Å². The molecular formula is C10H14N2O2. The smallest absolute Gasteiger partial charge is 0.325 e. The third kappa shape index (κ3) is 3.43. The summed E-state index contributed by atoms with van der Waals surface area (Å²) in [5, 5.41) is 2.96. The first kappa shape index (κ1) is 10.5. The van der Waals surface area contributed by atoms with Gasteiger partial charge in [-0.2, -0.15) is 0 Å². The maximum atomic E-state index is 11.0. The highest BCUT2D eigenvalue weighted by atomic mass is 16.5. The van der Waals surface area contributed by atoms with Gasteiger partial charge in [0, 0.05) is 17.6 Å². The largest absolute Gasteiger partial charge is 0.465 e. The fraction of sp³-hybridized carbons (Fsp3) is 0.400. The van der Waals surface area contributed by atoms with E-state index in [9.17, 15) is 4.79 Å². The monoisotopic (exact) mass is 194 g/mol. The quantitative estimate of drug-likeness (QED) is 0.735. The predicted molar refractivity (Wildman–Crippen MR) is 54.1 cm³/mol. The van der Waals surface area contributed by atoms with Crippen LogP contribution in [0.5, 0.6) is 0 Å². The first-order valence-corrected chi connectivity index (χ1v) is 4.54. The van der Waals surface area contributed by atoms with Gasteiger partial charge >= 0.3 is 5.97 Å². The van der Waals surface area contributed by atoms with Gasteiger partial charge in [-0.3, -0.25) is 9.78 Å². The van der Waals surface area contributed by atoms with Crippen molar-refractivity contribution in [1.82, 2.24) is 4.98 Å². The molecule has 0 unspecified atom stereocenters. The molecule has 0 saturated carbocycles. The van der Waals surface area contributed by atoms with E-state index in [2.05, 4.69) is 10.3 Å². The van der Waals surface area contributed by atoms with Crippen molar-refractivity contribution in [3.05, 3.63) is 24.0 Å². The molecule has 14 heavy (non-hydrogen) atoms. The molecule has 1 rings (SSSR count). The molecule has 0 aromatic carbocycles. The van der Waals surface area contributed by atoms with E-state index in [1.165, 1.54) is 0 Å². The Hall–Kier alpha value is -1.58. The maximum absolute atomic E-state index is 11.0. The van der Waals surface area contributed by atoms with E-state index in [0.29, 0.717) is 6.61 Å². The third-order valence-electron chi connectivity index (χ3n) is 1.64. The number of hydrogen-bond acceptors (Lipinski definition) is 4. The fourth-order valence-electron chi connectivity index (χ4n) is 1.04. The zero-order valence-electron chi connectivity index (χ0n) is 8.41. The van der Waals surface area contributed by atoms with Gasteiger partial charge in [-0.25, -0.2) is 0 Å². The summed E-state index contributed by atoms with van der Waals surface area (Å²) < 4.78 is 4.78. The van der Waals surface area contributed by atoms with Gasteiger partial charge in [-0.05, 0) is 26.0 Å². The van der Waals surface area contributed by atoms with Crippen molar-refractivity contribution < 1.29 is 9.53 Å². The number of carbonyl (C=O) groups excluding carboxylic acids is 1. The number of anilines is 1. The fourth-order valence-corrected chi connectivity index (χ4v) is 1.04. The van der Waals surface area contributed by atoms with Crippen LogP contribution in [0.3, 0.4) is 0 Å². The molecule has 1 N–H and O–H groups in total. The molecule has 1 aromatic heterocycles. The lowest BCUT2D eigenvalue weighted by atomic mass is 10.3. The molecule has 0 bridgehead atoms. The Kier molecular flexibility index (Phi) is 3.91. The highest BCUT2D eigenvalue weighted by Gasteiger charge is 2.00. The minimum atomic E-state index is -0.248. The second-order valence-corrected chi connectivity index (χ2v) is 2.84. The summed E-state index contributed by atoms with van der Waals surface area (Å²) in [6, 6.07) is 3.69. The summed E-state index contributed by atoms with van der Waals surface area (Å²) in [4.78, 5) is 15.0. The SMILES string of the molecule is CCOC(=O)CNc1ccnc(C)c1. The topological polar surface area (TPSA) is 51.2 Å². The molecule has 76 valence electrons. The van der Waals surface area contributed by atoms with Crippen molar-refractivity contribution >= 4 is 11.7 Å². The molecule has 0 fully saturated rings. The van der Waals surface area contributed by atoms with Crippen molar-refractivity contribution in [3.63, 3.8) is 0 Å². The number of esters is 1. The molecule has 0 aliphatic rings. The molecule has 1 aromatic rings. The van der Waals surface area contributed by atoms with Crippen molar-refractivity contribution in [2.75, 3.05) is 18.5 Å². The lowest BCUT2D eigenvalue weighted by Gasteiger charge is -2.05. The second-order valence-electron chi connectivity index (χ2n) is 2.84. The Morgan fingerprint density at radius 1 is 1.64 bits per heavy atom. The molecule has 0 saturated heterocycles. The van der Waals surface area contributed by atoms with E-state index in [1.54, 1.807) is 13.1 Å². The molecular weight excluding hydrogens is 180 g/mol. The molecule has 0 radical (unpaired) electrons. The first-order valence-electron chi connectivity index (χ1n) is 4.54. The molecule has 4 nitrogen and oxygen atoms in total. The number of nitrogens with one attached hydrogen (secondary N) is 1. The molecule has 0 spiro atoms. The van der Waals surface area contributed by atoms with Crippen LogP contribution in [0.4, 0.5) is 5.69 Å². The zero-order chi connectivity index (χ0) is 10.4. The number of aromatic nitrogens is 1. The first-order chi connectivity index (χ1) is 6.72. The highest BCUT2D eigenvalue weighted by Crippen LogP contribution is 2.05. The molecule has 0 atom stereocenters. The van der Waals surface area contributed by atoms with Gasteiger partial charge in [0.25, 0.3) is 0 Å². The van der Waals surface area contributed by atoms with Crippen molar-refractivity contribution in [3.8, 4) is 0 Å². The van der Waals surface area contributed by atoms with Gasteiger partial charge in [0.05, 0.1) is 6.61 Å². The Labute approximate surface area is 83.3 Å². The summed E-state index contributed by atoms with van der Waals surface area (Å²) in [5.74, 6) is -0.248. The standard InChI is InChI=1S/C10H14N2O2/c1-3-14-10(13)7-12-9-4-5-11-8(2)6-9/h4-6H,3,7H2,1-2H3,(H,11,12). The van der Waals surface area contributed by atoms with Crippen LogP contribution in [0, 0.1) is 6.92 Å². The van der Waals surface area contributed by atoms with Crippen LogP contribution in [-0.4, -0.2) is 24.1 Å². The lowest BCUT2D eigenvalue weighted by molar-refractivity contribution is -0.140. The van der Waals surface area contributed by atoms with Crippen molar-refractivity contribution in [2.45, 2.75) is 13.8 Å². The normalized spacial score (nSPS) is 9.57. The van der Waals surface area contributed by atoms with Crippen LogP contribution in [0.15, 0.2) is 18.3 Å². The summed E-state index contributed by atoms with van der Waals surface area (Å²) in [6.45, 7) is 4.29. The van der Waals surface area contributed by atoms with Crippen LogP contribution in [0.1, 0.15) is 12.6 Å². The molecule has 1 heterocycles. The van der Waals surface area contributed by atoms with Crippen molar-refractivity contribution in [1.29, 1.82) is 0 Å². The molecule has 0 aliphatic carbocycles. The minimum absolute atomic E-state index is 0.192. The number of hydrogen-bond donors (Lipinski definition) is 1. The summed E-state index contributed by atoms with van der Waals surface area (Å²) >= 11 is 0. The number of aryl methyl sites for hydroxylation is 1. The van der Waals surface area contributed by atoms with E-state index in [0.717, 1.165) is 11.4 Å². The van der Waals surface area contributed by atoms with Crippen LogP contribution < -0.4 is 5.32 Å². The number of pyridine rings is 1. The number of ether oxygens (including phenoxy) is 1. The van der Waals surface area contributed by atoms with Gasteiger partial charge in [0.2, 0.25) is 0 Å². The van der Waals surface area contributed by atoms with E-state index in [-0.39, 0.29) is 12.5 Å². The zero-order valence-corrected chi connectivity index (χ0v) is 8.41. The predicted octanol–water partition coefficient (Wildman–Crippen LogP) is 1.37.